The van der Waals surface area contributed by atoms with E-state index in [1.54, 1.807) is 24.3 Å². The molecule has 1 heterocycles. The molecule has 3 aromatic carbocycles. The lowest BCUT2D eigenvalue weighted by molar-refractivity contribution is -0.385. The minimum Gasteiger partial charge on any atom is -0.375 e. The number of benzene rings is 3. The van der Waals surface area contributed by atoms with Gasteiger partial charge < -0.3 is 15.4 Å². The van der Waals surface area contributed by atoms with Crippen molar-refractivity contribution in [3.63, 3.8) is 0 Å². The van der Waals surface area contributed by atoms with Crippen LogP contribution in [0.4, 0.5) is 10.1 Å². The SMILES string of the molecule is COCC(=O)N1C(C(N)=O)C(c2ccc(F)cc2)C(C(=O)c2cccc(C)c2)C1c1cccc([N+](=O)[O-])c1. The predicted octanol–water partition coefficient (Wildman–Crippen LogP) is 3.71. The molecule has 3 aromatic rings. The number of nitrogens with zero attached hydrogens (tertiary/aromatic N) is 2. The molecule has 196 valence electrons. The van der Waals surface area contributed by atoms with E-state index in [9.17, 15) is 28.9 Å². The second-order valence-corrected chi connectivity index (χ2v) is 9.22. The normalized spacial score (nSPS) is 20.8. The number of halogens is 1. The molecular formula is C28H26FN3O6. The molecule has 38 heavy (non-hydrogen) atoms. The van der Waals surface area contributed by atoms with E-state index in [1.165, 1.54) is 54.5 Å². The van der Waals surface area contributed by atoms with E-state index in [0.717, 1.165) is 5.56 Å². The zero-order valence-corrected chi connectivity index (χ0v) is 20.7. The van der Waals surface area contributed by atoms with E-state index in [1.807, 2.05) is 13.0 Å². The van der Waals surface area contributed by atoms with E-state index < -0.39 is 58.9 Å². The summed E-state index contributed by atoms with van der Waals surface area (Å²) in [5.74, 6) is -4.46. The van der Waals surface area contributed by atoms with Gasteiger partial charge in [0.2, 0.25) is 11.8 Å². The molecule has 9 nitrogen and oxygen atoms in total. The monoisotopic (exact) mass is 519 g/mol. The molecule has 0 radical (unpaired) electrons. The van der Waals surface area contributed by atoms with E-state index in [0.29, 0.717) is 11.1 Å². The van der Waals surface area contributed by atoms with Crippen molar-refractivity contribution in [3.05, 3.63) is 111 Å². The van der Waals surface area contributed by atoms with Crippen LogP contribution in [-0.4, -0.2) is 47.2 Å². The number of nitro groups is 1. The Bertz CT molecular complexity index is 1390. The molecule has 0 bridgehead atoms. The Balaban J connectivity index is 2.02. The molecule has 10 heteroatoms. The molecule has 0 aromatic heterocycles. The van der Waals surface area contributed by atoms with Crippen molar-refractivity contribution in [2.75, 3.05) is 13.7 Å². The van der Waals surface area contributed by atoms with Gasteiger partial charge in [-0.15, -0.1) is 0 Å². The summed E-state index contributed by atoms with van der Waals surface area (Å²) in [5.41, 5.74) is 7.47. The van der Waals surface area contributed by atoms with Gasteiger partial charge in [-0.25, -0.2) is 4.39 Å². The lowest BCUT2D eigenvalue weighted by atomic mass is 9.76. The Morgan fingerprint density at radius 1 is 1.03 bits per heavy atom. The van der Waals surface area contributed by atoms with Crippen LogP contribution in [0.2, 0.25) is 0 Å². The molecule has 0 aliphatic carbocycles. The standard InChI is InChI=1S/C28H26FN3O6/c1-16-5-3-7-19(13-16)27(34)24-23(17-9-11-20(29)12-10-17)26(28(30)35)31(22(33)15-38-2)25(24)18-6-4-8-21(14-18)32(36)37/h3-14,23-26H,15H2,1-2H3,(H2,30,35). The highest BCUT2D eigenvalue weighted by molar-refractivity contribution is 6.02. The minimum absolute atomic E-state index is 0.246. The average Bonchev–Trinajstić information content (AvgIpc) is 3.25. The number of rotatable bonds is 8. The molecular weight excluding hydrogens is 493 g/mol. The summed E-state index contributed by atoms with van der Waals surface area (Å²) in [4.78, 5) is 52.8. The quantitative estimate of drug-likeness (QED) is 0.274. The second-order valence-electron chi connectivity index (χ2n) is 9.22. The van der Waals surface area contributed by atoms with Crippen LogP contribution in [0.1, 0.15) is 39.0 Å². The largest absolute Gasteiger partial charge is 0.375 e. The van der Waals surface area contributed by atoms with Crippen LogP contribution >= 0.6 is 0 Å². The van der Waals surface area contributed by atoms with Gasteiger partial charge in [0, 0.05) is 30.7 Å². The summed E-state index contributed by atoms with van der Waals surface area (Å²) >= 11 is 0. The number of nitrogens with two attached hydrogens (primary N) is 1. The number of carbonyl (C=O) groups is 3. The van der Waals surface area contributed by atoms with Gasteiger partial charge in [-0.3, -0.25) is 24.5 Å². The number of amides is 2. The predicted molar refractivity (Wildman–Crippen MR) is 136 cm³/mol. The fraction of sp³-hybridized carbons (Fsp3) is 0.250. The molecule has 0 saturated carbocycles. The molecule has 1 fully saturated rings. The van der Waals surface area contributed by atoms with Crippen LogP contribution in [0.3, 0.4) is 0 Å². The third-order valence-electron chi connectivity index (χ3n) is 6.80. The van der Waals surface area contributed by atoms with Gasteiger partial charge in [0.05, 0.1) is 16.9 Å². The highest BCUT2D eigenvalue weighted by Crippen LogP contribution is 2.51. The lowest BCUT2D eigenvalue weighted by Crippen LogP contribution is -2.48. The molecule has 1 saturated heterocycles. The van der Waals surface area contributed by atoms with Crippen LogP contribution in [0.5, 0.6) is 0 Å². The zero-order valence-electron chi connectivity index (χ0n) is 20.7. The number of non-ortho nitro benzene ring substituents is 1. The van der Waals surface area contributed by atoms with Crippen LogP contribution < -0.4 is 5.73 Å². The first-order valence-corrected chi connectivity index (χ1v) is 11.8. The molecule has 2 N–H and O–H groups in total. The first kappa shape index (κ1) is 26.6. The van der Waals surface area contributed by atoms with Crippen LogP contribution in [0.25, 0.3) is 0 Å². The van der Waals surface area contributed by atoms with E-state index in [4.69, 9.17) is 10.5 Å². The number of nitro benzene ring substituents is 1. The zero-order chi connectivity index (χ0) is 27.6. The molecule has 1 aliphatic heterocycles. The van der Waals surface area contributed by atoms with Gasteiger partial charge in [-0.05, 0) is 36.2 Å². The van der Waals surface area contributed by atoms with Crippen molar-refractivity contribution in [2.45, 2.75) is 24.9 Å². The van der Waals surface area contributed by atoms with E-state index in [-0.39, 0.29) is 11.3 Å². The summed E-state index contributed by atoms with van der Waals surface area (Å²) in [6, 6.07) is 15.3. The number of hydrogen-bond acceptors (Lipinski definition) is 6. The Kier molecular flexibility index (Phi) is 7.63. The fourth-order valence-electron chi connectivity index (χ4n) is 5.30. The third-order valence-corrected chi connectivity index (χ3v) is 6.80. The number of likely N-dealkylation sites (tertiary alicyclic amines) is 1. The Morgan fingerprint density at radius 3 is 2.32 bits per heavy atom. The maximum atomic E-state index is 14.2. The van der Waals surface area contributed by atoms with Crippen molar-refractivity contribution in [1.29, 1.82) is 0 Å². The summed E-state index contributed by atoms with van der Waals surface area (Å²) in [5, 5.41) is 11.6. The van der Waals surface area contributed by atoms with Gasteiger partial charge in [0.1, 0.15) is 18.5 Å². The maximum absolute atomic E-state index is 14.2. The average molecular weight is 520 g/mol. The van der Waals surface area contributed by atoms with Crippen LogP contribution in [0.15, 0.2) is 72.8 Å². The molecule has 1 aliphatic rings. The minimum atomic E-state index is -1.31. The summed E-state index contributed by atoms with van der Waals surface area (Å²) in [6.07, 6.45) is 0. The number of primary amides is 1. The van der Waals surface area contributed by atoms with E-state index >= 15 is 0 Å². The summed E-state index contributed by atoms with van der Waals surface area (Å²) in [7, 11) is 1.31. The van der Waals surface area contributed by atoms with Crippen molar-refractivity contribution in [3.8, 4) is 0 Å². The number of carbonyl (C=O) groups excluding carboxylic acids is 3. The van der Waals surface area contributed by atoms with Gasteiger partial charge in [-0.2, -0.15) is 0 Å². The Labute approximate surface area is 218 Å². The number of aryl methyl sites for hydroxylation is 1. The topological polar surface area (TPSA) is 133 Å². The number of methoxy groups -OCH3 is 1. The second kappa shape index (κ2) is 10.9. The van der Waals surface area contributed by atoms with Crippen LogP contribution in [-0.2, 0) is 14.3 Å². The Hall–Kier alpha value is -4.44. The first-order valence-electron chi connectivity index (χ1n) is 11.8. The number of ketones is 1. The van der Waals surface area contributed by atoms with Crippen LogP contribution in [0, 0.1) is 28.8 Å². The molecule has 0 spiro atoms. The number of Topliss-reactive ketones (excluding diaryl/α,β-unsaturated/α-hetero) is 1. The van der Waals surface area contributed by atoms with Gasteiger partial charge in [0.15, 0.2) is 5.78 Å². The lowest BCUT2D eigenvalue weighted by Gasteiger charge is -2.30. The van der Waals surface area contributed by atoms with Gasteiger partial charge in [-0.1, -0.05) is 48.0 Å². The highest BCUT2D eigenvalue weighted by Gasteiger charge is 2.57. The number of ether oxygens (including phenoxy) is 1. The molecule has 4 rings (SSSR count). The van der Waals surface area contributed by atoms with E-state index in [2.05, 4.69) is 0 Å². The highest BCUT2D eigenvalue weighted by atomic mass is 19.1. The van der Waals surface area contributed by atoms with Crippen molar-refractivity contribution < 1.29 is 28.4 Å². The molecule has 4 unspecified atom stereocenters. The van der Waals surface area contributed by atoms with Gasteiger partial charge in [0.25, 0.3) is 5.69 Å². The molecule has 2 amide bonds. The summed E-state index contributed by atoms with van der Waals surface area (Å²) < 4.78 is 18.9. The van der Waals surface area contributed by atoms with Gasteiger partial charge >= 0.3 is 0 Å². The third kappa shape index (κ3) is 5.03. The fourth-order valence-corrected chi connectivity index (χ4v) is 5.30. The van der Waals surface area contributed by atoms with Crippen molar-refractivity contribution >= 4 is 23.3 Å². The van der Waals surface area contributed by atoms with Crippen molar-refractivity contribution in [1.82, 2.24) is 4.90 Å². The maximum Gasteiger partial charge on any atom is 0.269 e. The smallest absolute Gasteiger partial charge is 0.269 e. The summed E-state index contributed by atoms with van der Waals surface area (Å²) in [6.45, 7) is 1.40. The molecule has 4 atom stereocenters. The first-order chi connectivity index (χ1) is 18.1. The van der Waals surface area contributed by atoms with Crippen molar-refractivity contribution in [2.24, 2.45) is 11.7 Å². The number of hydrogen-bond donors (Lipinski definition) is 1. The Morgan fingerprint density at radius 2 is 1.71 bits per heavy atom.